The van der Waals surface area contributed by atoms with Crippen LogP contribution in [0.15, 0.2) is 0 Å². The molecule has 122 valence electrons. The molecule has 3 nitrogen and oxygen atoms in total. The van der Waals surface area contributed by atoms with E-state index in [0.717, 1.165) is 6.42 Å². The summed E-state index contributed by atoms with van der Waals surface area (Å²) >= 11 is 0. The van der Waals surface area contributed by atoms with Gasteiger partial charge in [0.25, 0.3) is 0 Å². The molecule has 0 aromatic rings. The maximum absolute atomic E-state index is 5.79. The summed E-state index contributed by atoms with van der Waals surface area (Å²) in [6.45, 7) is 6.83. The van der Waals surface area contributed by atoms with Crippen molar-refractivity contribution in [3.8, 4) is 0 Å². The normalized spacial score (nSPS) is 16.4. The molecule has 0 bridgehead atoms. The first kappa shape index (κ1) is 19.9. The van der Waals surface area contributed by atoms with Gasteiger partial charge in [0.15, 0.2) is 0 Å². The lowest BCUT2D eigenvalue weighted by Gasteiger charge is -2.42. The lowest BCUT2D eigenvalue weighted by Crippen LogP contribution is -2.58. The van der Waals surface area contributed by atoms with Crippen LogP contribution >= 0.6 is 0 Å². The summed E-state index contributed by atoms with van der Waals surface area (Å²) in [6.07, 6.45) is 13.3. The fraction of sp³-hybridized carbons (Fsp3) is 1.00. The van der Waals surface area contributed by atoms with Crippen LogP contribution in [-0.2, 0) is 0 Å². The summed E-state index contributed by atoms with van der Waals surface area (Å²) in [7, 11) is 4.31. The summed E-state index contributed by atoms with van der Waals surface area (Å²) in [4.78, 5) is 2.31. The molecule has 0 aromatic heterocycles. The molecule has 0 saturated heterocycles. The minimum atomic E-state index is 0.149. The maximum atomic E-state index is 5.79. The molecule has 0 aliphatic rings. The first-order valence-corrected chi connectivity index (χ1v) is 8.66. The molecular formula is C17H39N3. The molecule has 0 aromatic carbocycles. The first-order chi connectivity index (χ1) is 9.52. The van der Waals surface area contributed by atoms with E-state index in [4.69, 9.17) is 5.84 Å². The van der Waals surface area contributed by atoms with Crippen LogP contribution in [0.1, 0.15) is 85.0 Å². The number of nitrogens with zero attached hydrogens (tertiary/aromatic N) is 1. The van der Waals surface area contributed by atoms with Crippen molar-refractivity contribution in [1.29, 1.82) is 0 Å². The molecule has 0 rings (SSSR count). The van der Waals surface area contributed by atoms with Gasteiger partial charge in [0.2, 0.25) is 0 Å². The van der Waals surface area contributed by atoms with Crippen LogP contribution in [0.5, 0.6) is 0 Å². The minimum Gasteiger partial charge on any atom is -0.302 e. The molecule has 0 saturated carbocycles. The fourth-order valence-electron chi connectivity index (χ4n) is 2.93. The third-order valence-electron chi connectivity index (χ3n) is 5.04. The van der Waals surface area contributed by atoms with E-state index < -0.39 is 0 Å². The molecule has 2 atom stereocenters. The first-order valence-electron chi connectivity index (χ1n) is 8.66. The molecular weight excluding hydrogens is 246 g/mol. The SMILES string of the molecule is CCCCCCCCCCC(NN)C(C)(CC)N(C)C. The van der Waals surface area contributed by atoms with Crippen LogP contribution < -0.4 is 11.3 Å². The Morgan fingerprint density at radius 3 is 1.85 bits per heavy atom. The highest BCUT2D eigenvalue weighted by Crippen LogP contribution is 2.24. The van der Waals surface area contributed by atoms with Crippen molar-refractivity contribution in [2.75, 3.05) is 14.1 Å². The van der Waals surface area contributed by atoms with Gasteiger partial charge in [0.1, 0.15) is 0 Å². The fourth-order valence-corrected chi connectivity index (χ4v) is 2.93. The maximum Gasteiger partial charge on any atom is 0.0391 e. The summed E-state index contributed by atoms with van der Waals surface area (Å²) < 4.78 is 0. The van der Waals surface area contributed by atoms with Crippen molar-refractivity contribution in [3.63, 3.8) is 0 Å². The Morgan fingerprint density at radius 1 is 0.950 bits per heavy atom. The topological polar surface area (TPSA) is 41.3 Å². The summed E-state index contributed by atoms with van der Waals surface area (Å²) in [5.41, 5.74) is 3.20. The number of hydrogen-bond acceptors (Lipinski definition) is 3. The van der Waals surface area contributed by atoms with E-state index in [0.29, 0.717) is 6.04 Å². The van der Waals surface area contributed by atoms with Gasteiger partial charge < -0.3 is 4.90 Å². The predicted octanol–water partition coefficient (Wildman–Crippen LogP) is 4.08. The van der Waals surface area contributed by atoms with Crippen LogP contribution in [0, 0.1) is 0 Å². The van der Waals surface area contributed by atoms with E-state index in [1.165, 1.54) is 57.8 Å². The van der Waals surface area contributed by atoms with Crippen molar-refractivity contribution in [3.05, 3.63) is 0 Å². The number of nitrogens with two attached hydrogens (primary N) is 1. The molecule has 3 N–H and O–H groups in total. The molecule has 20 heavy (non-hydrogen) atoms. The monoisotopic (exact) mass is 285 g/mol. The van der Waals surface area contributed by atoms with Gasteiger partial charge in [-0.2, -0.15) is 0 Å². The zero-order valence-corrected chi connectivity index (χ0v) is 14.7. The Hall–Kier alpha value is -0.120. The van der Waals surface area contributed by atoms with Gasteiger partial charge in [-0.15, -0.1) is 0 Å². The zero-order valence-electron chi connectivity index (χ0n) is 14.7. The van der Waals surface area contributed by atoms with Crippen LogP contribution in [0.2, 0.25) is 0 Å². The Morgan fingerprint density at radius 2 is 1.45 bits per heavy atom. The average molecular weight is 286 g/mol. The van der Waals surface area contributed by atoms with Crippen molar-refractivity contribution in [1.82, 2.24) is 10.3 Å². The second-order valence-corrected chi connectivity index (χ2v) is 6.59. The van der Waals surface area contributed by atoms with Gasteiger partial charge in [-0.05, 0) is 33.9 Å². The molecule has 0 amide bonds. The predicted molar refractivity (Wildman–Crippen MR) is 90.7 cm³/mol. The summed E-state index contributed by atoms with van der Waals surface area (Å²) in [5, 5.41) is 0. The van der Waals surface area contributed by atoms with Gasteiger partial charge in [-0.1, -0.05) is 65.2 Å². The standard InChI is InChI=1S/C17H39N3/c1-6-8-9-10-11-12-13-14-15-16(19-18)17(3,7-2)20(4)5/h16,19H,6-15,18H2,1-5H3. The third kappa shape index (κ3) is 7.05. The molecule has 0 aliphatic carbocycles. The number of nitrogens with one attached hydrogen (secondary N) is 1. The van der Waals surface area contributed by atoms with Crippen molar-refractivity contribution < 1.29 is 0 Å². The van der Waals surface area contributed by atoms with E-state index in [1.807, 2.05) is 0 Å². The molecule has 3 heteroatoms. The second-order valence-electron chi connectivity index (χ2n) is 6.59. The highest BCUT2D eigenvalue weighted by atomic mass is 15.3. The summed E-state index contributed by atoms with van der Waals surface area (Å²) in [5.74, 6) is 5.79. The third-order valence-corrected chi connectivity index (χ3v) is 5.04. The number of rotatable bonds is 13. The van der Waals surface area contributed by atoms with E-state index in [-0.39, 0.29) is 5.54 Å². The zero-order chi connectivity index (χ0) is 15.4. The molecule has 0 fully saturated rings. The van der Waals surface area contributed by atoms with Gasteiger partial charge in [-0.3, -0.25) is 11.3 Å². The highest BCUT2D eigenvalue weighted by molar-refractivity contribution is 4.92. The van der Waals surface area contributed by atoms with Crippen molar-refractivity contribution >= 4 is 0 Å². The molecule has 0 heterocycles. The Kier molecular flexibility index (Phi) is 11.5. The van der Waals surface area contributed by atoms with E-state index in [9.17, 15) is 0 Å². The largest absolute Gasteiger partial charge is 0.302 e. The highest BCUT2D eigenvalue weighted by Gasteiger charge is 2.33. The Balaban J connectivity index is 3.85. The smallest absolute Gasteiger partial charge is 0.0391 e. The van der Waals surface area contributed by atoms with E-state index in [1.54, 1.807) is 0 Å². The average Bonchev–Trinajstić information content (AvgIpc) is 2.44. The Labute approximate surface area is 127 Å². The van der Waals surface area contributed by atoms with Crippen LogP contribution in [0.25, 0.3) is 0 Å². The number of likely N-dealkylation sites (N-methyl/N-ethyl adjacent to an activating group) is 1. The Bertz CT molecular complexity index is 218. The quantitative estimate of drug-likeness (QED) is 0.304. The van der Waals surface area contributed by atoms with Crippen LogP contribution in [0.3, 0.4) is 0 Å². The van der Waals surface area contributed by atoms with Crippen molar-refractivity contribution in [2.45, 2.75) is 96.6 Å². The number of hydrazine groups is 1. The van der Waals surface area contributed by atoms with Crippen molar-refractivity contribution in [2.24, 2.45) is 5.84 Å². The van der Waals surface area contributed by atoms with E-state index in [2.05, 4.69) is 45.2 Å². The van der Waals surface area contributed by atoms with Gasteiger partial charge >= 0.3 is 0 Å². The molecule has 0 radical (unpaired) electrons. The second kappa shape index (κ2) is 11.5. The lowest BCUT2D eigenvalue weighted by atomic mass is 9.85. The number of unbranched alkanes of at least 4 members (excludes halogenated alkanes) is 7. The summed E-state index contributed by atoms with van der Waals surface area (Å²) in [6, 6.07) is 0.377. The van der Waals surface area contributed by atoms with Gasteiger partial charge in [0, 0.05) is 11.6 Å². The molecule has 2 unspecified atom stereocenters. The molecule has 0 aliphatic heterocycles. The van der Waals surface area contributed by atoms with Crippen LogP contribution in [-0.4, -0.2) is 30.6 Å². The van der Waals surface area contributed by atoms with Gasteiger partial charge in [0.05, 0.1) is 0 Å². The van der Waals surface area contributed by atoms with E-state index >= 15 is 0 Å². The van der Waals surface area contributed by atoms with Gasteiger partial charge in [-0.25, -0.2) is 0 Å². The van der Waals surface area contributed by atoms with Crippen LogP contribution in [0.4, 0.5) is 0 Å². The number of hydrogen-bond donors (Lipinski definition) is 2. The molecule has 0 spiro atoms. The minimum absolute atomic E-state index is 0.149. The lowest BCUT2D eigenvalue weighted by molar-refractivity contribution is 0.106.